The molecule has 0 saturated carbocycles. The van der Waals surface area contributed by atoms with E-state index in [0.29, 0.717) is 10.7 Å². The summed E-state index contributed by atoms with van der Waals surface area (Å²) < 4.78 is 1.95. The normalized spacial score (nSPS) is 11.0. The molecule has 20 heavy (non-hydrogen) atoms. The van der Waals surface area contributed by atoms with Gasteiger partial charge in [0.2, 0.25) is 0 Å². The molecular weight excluding hydrogens is 313 g/mol. The largest absolute Gasteiger partial charge is 0.399 e. The lowest BCUT2D eigenvalue weighted by Gasteiger charge is -2.07. The summed E-state index contributed by atoms with van der Waals surface area (Å²) in [6.45, 7) is 4.92. The van der Waals surface area contributed by atoms with Crippen molar-refractivity contribution in [3.8, 4) is 0 Å². The van der Waals surface area contributed by atoms with Gasteiger partial charge in [-0.2, -0.15) is 5.10 Å². The molecule has 0 atom stereocenters. The third-order valence-corrected chi connectivity index (χ3v) is 4.96. The summed E-state index contributed by atoms with van der Waals surface area (Å²) in [5.74, 6) is 0.725. The molecular formula is C14H17Cl2N3S. The maximum Gasteiger partial charge on any atom is 0.0858 e. The molecule has 0 aliphatic heterocycles. The number of thioether (sulfide) groups is 1. The third kappa shape index (κ3) is 3.25. The summed E-state index contributed by atoms with van der Waals surface area (Å²) in [5.41, 5.74) is 8.49. The predicted octanol–water partition coefficient (Wildman–Crippen LogP) is 4.65. The first-order valence-corrected chi connectivity index (χ1v) is 8.22. The van der Waals surface area contributed by atoms with Crippen LogP contribution in [0.4, 0.5) is 5.69 Å². The van der Waals surface area contributed by atoms with Gasteiger partial charge in [-0.3, -0.25) is 4.68 Å². The molecule has 0 fully saturated rings. The van der Waals surface area contributed by atoms with E-state index in [1.165, 1.54) is 0 Å². The summed E-state index contributed by atoms with van der Waals surface area (Å²) in [7, 11) is 0. The second-order valence-electron chi connectivity index (χ2n) is 4.36. The first-order valence-electron chi connectivity index (χ1n) is 6.48. The predicted molar refractivity (Wildman–Crippen MR) is 87.7 cm³/mol. The molecule has 2 rings (SSSR count). The summed E-state index contributed by atoms with van der Waals surface area (Å²) in [6, 6.07) is 5.49. The number of hydrogen-bond donors (Lipinski definition) is 1. The number of anilines is 1. The molecule has 0 bridgehead atoms. The molecule has 108 valence electrons. The molecule has 1 aromatic carbocycles. The van der Waals surface area contributed by atoms with E-state index in [2.05, 4.69) is 18.9 Å². The highest BCUT2D eigenvalue weighted by Crippen LogP contribution is 2.34. The highest BCUT2D eigenvalue weighted by Gasteiger charge is 2.15. The van der Waals surface area contributed by atoms with Crippen molar-refractivity contribution in [3.05, 3.63) is 39.6 Å². The molecule has 3 nitrogen and oxygen atoms in total. The quantitative estimate of drug-likeness (QED) is 0.641. The maximum atomic E-state index is 6.39. The average Bonchev–Trinajstić information content (AvgIpc) is 2.75. The Kier molecular flexibility index (Phi) is 5.24. The Balaban J connectivity index is 2.22. The molecule has 0 unspecified atom stereocenters. The van der Waals surface area contributed by atoms with Crippen LogP contribution >= 0.6 is 35.0 Å². The fourth-order valence-corrected chi connectivity index (χ4v) is 3.64. The van der Waals surface area contributed by atoms with Gasteiger partial charge in [-0.1, -0.05) is 30.1 Å². The van der Waals surface area contributed by atoms with Crippen molar-refractivity contribution in [1.29, 1.82) is 0 Å². The van der Waals surface area contributed by atoms with Gasteiger partial charge in [0.1, 0.15) is 0 Å². The van der Waals surface area contributed by atoms with Gasteiger partial charge in [0.15, 0.2) is 0 Å². The van der Waals surface area contributed by atoms with Crippen LogP contribution in [0.3, 0.4) is 0 Å². The average molecular weight is 330 g/mol. The molecule has 2 aromatic rings. The van der Waals surface area contributed by atoms with E-state index < -0.39 is 0 Å². The number of rotatable bonds is 5. The van der Waals surface area contributed by atoms with Gasteiger partial charge in [0.05, 0.1) is 21.4 Å². The van der Waals surface area contributed by atoms with Crippen LogP contribution in [-0.2, 0) is 18.7 Å². The highest BCUT2D eigenvalue weighted by molar-refractivity contribution is 7.98. The van der Waals surface area contributed by atoms with Crippen molar-refractivity contribution < 1.29 is 0 Å². The summed E-state index contributed by atoms with van der Waals surface area (Å²) in [4.78, 5) is 0.963. The molecule has 0 radical (unpaired) electrons. The van der Waals surface area contributed by atoms with Crippen LogP contribution in [-0.4, -0.2) is 9.78 Å². The number of aryl methyl sites for hydroxylation is 2. The molecule has 0 amide bonds. The second-order valence-corrected chi connectivity index (χ2v) is 6.16. The number of nitrogens with zero attached hydrogens (tertiary/aromatic N) is 2. The number of nitrogen functional groups attached to an aromatic ring is 1. The van der Waals surface area contributed by atoms with Crippen LogP contribution in [0.5, 0.6) is 0 Å². The number of hydrogen-bond acceptors (Lipinski definition) is 3. The Morgan fingerprint density at radius 1 is 1.30 bits per heavy atom. The lowest BCUT2D eigenvalue weighted by Crippen LogP contribution is -2.02. The molecule has 0 aliphatic rings. The monoisotopic (exact) mass is 329 g/mol. The van der Waals surface area contributed by atoms with Gasteiger partial charge in [-0.25, -0.2) is 0 Å². The van der Waals surface area contributed by atoms with Gasteiger partial charge in [-0.15, -0.1) is 11.8 Å². The zero-order valence-electron chi connectivity index (χ0n) is 11.5. The van der Waals surface area contributed by atoms with Gasteiger partial charge in [0, 0.05) is 22.9 Å². The van der Waals surface area contributed by atoms with E-state index in [4.69, 9.17) is 28.9 Å². The maximum absolute atomic E-state index is 6.39. The summed E-state index contributed by atoms with van der Waals surface area (Å²) >= 11 is 14.2. The van der Waals surface area contributed by atoms with Crippen molar-refractivity contribution in [2.75, 3.05) is 5.73 Å². The minimum absolute atomic E-state index is 0.707. The Morgan fingerprint density at radius 3 is 2.70 bits per heavy atom. The van der Waals surface area contributed by atoms with Crippen LogP contribution < -0.4 is 5.73 Å². The highest BCUT2D eigenvalue weighted by atomic mass is 35.5. The number of nitrogens with two attached hydrogens (primary N) is 1. The Hall–Kier alpha value is -0.840. The molecule has 2 N–H and O–H groups in total. The topological polar surface area (TPSA) is 43.8 Å². The Bertz CT molecular complexity index is 611. The Labute approximate surface area is 133 Å². The standard InChI is InChI=1S/C14H17Cl2N3S/c1-3-11-14(16)12(19(4-2)18-11)8-20-13-7-9(17)5-6-10(13)15/h5-7H,3-4,8,17H2,1-2H3. The lowest BCUT2D eigenvalue weighted by atomic mass is 10.3. The van der Waals surface area contributed by atoms with E-state index >= 15 is 0 Å². The zero-order chi connectivity index (χ0) is 14.7. The van der Waals surface area contributed by atoms with E-state index in [1.807, 2.05) is 16.8 Å². The van der Waals surface area contributed by atoms with Crippen LogP contribution in [0.1, 0.15) is 25.2 Å². The first-order chi connectivity index (χ1) is 9.56. The zero-order valence-corrected chi connectivity index (χ0v) is 13.8. The third-order valence-electron chi connectivity index (χ3n) is 3.01. The molecule has 6 heteroatoms. The van der Waals surface area contributed by atoms with E-state index in [0.717, 1.165) is 40.0 Å². The van der Waals surface area contributed by atoms with Crippen molar-refractivity contribution in [3.63, 3.8) is 0 Å². The number of benzene rings is 1. The summed E-state index contributed by atoms with van der Waals surface area (Å²) in [5, 5.41) is 5.99. The van der Waals surface area contributed by atoms with E-state index in [1.54, 1.807) is 17.8 Å². The van der Waals surface area contributed by atoms with Crippen molar-refractivity contribution in [1.82, 2.24) is 9.78 Å². The molecule has 1 aromatic heterocycles. The van der Waals surface area contributed by atoms with E-state index in [9.17, 15) is 0 Å². The van der Waals surface area contributed by atoms with Crippen molar-refractivity contribution in [2.45, 2.75) is 37.5 Å². The molecule has 0 saturated heterocycles. The lowest BCUT2D eigenvalue weighted by molar-refractivity contribution is 0.628. The SMILES string of the molecule is CCc1nn(CC)c(CSc2cc(N)ccc2Cl)c1Cl. The molecule has 1 heterocycles. The Morgan fingerprint density at radius 2 is 2.05 bits per heavy atom. The molecule has 0 spiro atoms. The fourth-order valence-electron chi connectivity index (χ4n) is 1.93. The minimum Gasteiger partial charge on any atom is -0.399 e. The smallest absolute Gasteiger partial charge is 0.0858 e. The van der Waals surface area contributed by atoms with Gasteiger partial charge >= 0.3 is 0 Å². The van der Waals surface area contributed by atoms with Crippen molar-refractivity contribution in [2.24, 2.45) is 0 Å². The minimum atomic E-state index is 0.707. The first kappa shape index (κ1) is 15.5. The summed E-state index contributed by atoms with van der Waals surface area (Å²) in [6.07, 6.45) is 0.836. The van der Waals surface area contributed by atoms with Crippen molar-refractivity contribution >= 4 is 40.7 Å². The van der Waals surface area contributed by atoms with Gasteiger partial charge < -0.3 is 5.73 Å². The van der Waals surface area contributed by atoms with Crippen LogP contribution in [0, 0.1) is 0 Å². The fraction of sp³-hybridized carbons (Fsp3) is 0.357. The van der Waals surface area contributed by atoms with Crippen LogP contribution in [0.2, 0.25) is 10.0 Å². The second kappa shape index (κ2) is 6.74. The molecule has 0 aliphatic carbocycles. The van der Waals surface area contributed by atoms with Crippen LogP contribution in [0.25, 0.3) is 0 Å². The number of aromatic nitrogens is 2. The van der Waals surface area contributed by atoms with Gasteiger partial charge in [0.25, 0.3) is 0 Å². The number of halogens is 2. The van der Waals surface area contributed by atoms with E-state index in [-0.39, 0.29) is 0 Å². The van der Waals surface area contributed by atoms with Gasteiger partial charge in [-0.05, 0) is 31.5 Å². The van der Waals surface area contributed by atoms with Crippen LogP contribution in [0.15, 0.2) is 23.1 Å².